The molecule has 4 aromatic rings. The van der Waals surface area contributed by atoms with Gasteiger partial charge in [0.05, 0.1) is 60.0 Å². The minimum atomic E-state index is -6.75. The molecule has 0 saturated heterocycles. The van der Waals surface area contributed by atoms with Crippen molar-refractivity contribution in [1.29, 1.82) is 0 Å². The first-order valence-electron chi connectivity index (χ1n) is 29.0. The number of nitrogens with zero attached hydrogens (tertiary/aromatic N) is 1. The maximum atomic E-state index is 13.3. The van der Waals surface area contributed by atoms with Gasteiger partial charge in [-0.25, -0.2) is 0 Å². The second-order valence-corrected chi connectivity index (χ2v) is 25.1. The van der Waals surface area contributed by atoms with Crippen LogP contribution in [0, 0.1) is 23.2 Å². The molecule has 3 aliphatic rings. The zero-order valence-electron chi connectivity index (χ0n) is 48.3. The van der Waals surface area contributed by atoms with E-state index in [1.54, 1.807) is 35.8 Å². The molecule has 0 amide bonds. The Kier molecular flexibility index (Phi) is 24.6. The Morgan fingerprint density at radius 1 is 0.602 bits per heavy atom. The standard InChI is InChI=1S/C63H82F9NO8S2/c1-45(44-81-59(47-14-7-6-8-15-47,48-17-21-50(74-4)22-18-48)49-19-23-51(75-5)24-20-49)13-9-10-32-73(3)33-38-77-40-42-83-82-41-39-76-34-11-35-78-52-25-27-53-46(43-52)16-26-55-54(53)30-31-58(2)56(55)28-29-57(58)79-36-12-37-80-60(61(64,65)66,62(67,68)69)63(70,71)72/h6-8,14-15,17-25,27,43,45,54-57H,9-13,16,26,28-42,44H2,1-5H3/t45?,54?,55?,56?,57-,58-/m0/s1. The summed E-state index contributed by atoms with van der Waals surface area (Å²) in [5.41, 5.74) is -1.67. The van der Waals surface area contributed by atoms with E-state index in [0.717, 1.165) is 116 Å². The van der Waals surface area contributed by atoms with Crippen molar-refractivity contribution in [3.05, 3.63) is 125 Å². The van der Waals surface area contributed by atoms with Crippen LogP contribution in [0.5, 0.6) is 17.2 Å². The predicted molar refractivity (Wildman–Crippen MR) is 308 cm³/mol. The lowest BCUT2D eigenvalue weighted by molar-refractivity contribution is -0.457. The highest BCUT2D eigenvalue weighted by Crippen LogP contribution is 2.62. The number of fused-ring (bicyclic) bond motifs is 5. The summed E-state index contributed by atoms with van der Waals surface area (Å²) in [6, 6.07) is 33.0. The van der Waals surface area contributed by atoms with Gasteiger partial charge >= 0.3 is 24.1 Å². The lowest BCUT2D eigenvalue weighted by Gasteiger charge is -2.50. The van der Waals surface area contributed by atoms with E-state index in [2.05, 4.69) is 91.2 Å². The third-order valence-electron chi connectivity index (χ3n) is 17.0. The monoisotopic (exact) mass is 1220 g/mol. The van der Waals surface area contributed by atoms with Crippen LogP contribution in [0.2, 0.25) is 0 Å². The number of likely N-dealkylation sites (N-methyl/N-ethyl adjacent to an activating group) is 1. The topological polar surface area (TPSA) is 77.1 Å². The predicted octanol–water partition coefficient (Wildman–Crippen LogP) is 15.7. The summed E-state index contributed by atoms with van der Waals surface area (Å²) in [6.07, 6.45) is -12.1. The zero-order chi connectivity index (χ0) is 59.7. The summed E-state index contributed by atoms with van der Waals surface area (Å²) < 4.78 is 165. The normalized spacial score (nSPS) is 20.7. The number of alkyl halides is 9. The number of aryl methyl sites for hydroxylation is 1. The quantitative estimate of drug-likeness (QED) is 0.0194. The maximum absolute atomic E-state index is 13.3. The second kappa shape index (κ2) is 30.6. The van der Waals surface area contributed by atoms with Crippen LogP contribution in [0.1, 0.15) is 112 Å². The van der Waals surface area contributed by atoms with E-state index in [-0.39, 0.29) is 18.1 Å². The minimum Gasteiger partial charge on any atom is -0.497 e. The first kappa shape index (κ1) is 66.6. The van der Waals surface area contributed by atoms with Gasteiger partial charge in [-0.05, 0) is 165 Å². The average Bonchev–Trinajstić information content (AvgIpc) is 1.95. The number of rotatable bonds is 34. The van der Waals surface area contributed by atoms with Crippen molar-refractivity contribution < 1.29 is 77.4 Å². The van der Waals surface area contributed by atoms with E-state index >= 15 is 0 Å². The van der Waals surface area contributed by atoms with Gasteiger partial charge in [-0.2, -0.15) is 39.5 Å². The van der Waals surface area contributed by atoms with Crippen LogP contribution in [0.4, 0.5) is 39.5 Å². The van der Waals surface area contributed by atoms with Gasteiger partial charge in [-0.1, -0.05) is 103 Å². The lowest BCUT2D eigenvalue weighted by atomic mass is 9.55. The Balaban J connectivity index is 0.703. The number of hydrogen-bond donors (Lipinski definition) is 0. The number of methoxy groups -OCH3 is 2. The maximum Gasteiger partial charge on any atom is 0.435 e. The molecule has 2 fully saturated rings. The SMILES string of the molecule is COc1ccc(C(OCC(C)CCCCN(C)CCOCCSSCCOCCCOc2ccc3c(c2)CCC2C3CC[C@@]3(C)C2CC[C@@H]3OCCCOC(C(F)(F)F)(C(F)(F)F)C(F)(F)F)(c2ccccc2)c2ccc(OC)cc2)cc1. The summed E-state index contributed by atoms with van der Waals surface area (Å²) in [5, 5.41) is 0. The fourth-order valence-corrected chi connectivity index (χ4v) is 14.3. The summed E-state index contributed by atoms with van der Waals surface area (Å²) >= 11 is 0. The van der Waals surface area contributed by atoms with Gasteiger partial charge < -0.3 is 42.8 Å². The van der Waals surface area contributed by atoms with Gasteiger partial charge in [0, 0.05) is 37.7 Å². The molecule has 9 nitrogen and oxygen atoms in total. The van der Waals surface area contributed by atoms with Gasteiger partial charge in [0.25, 0.3) is 0 Å². The zero-order valence-corrected chi connectivity index (χ0v) is 50.0. The van der Waals surface area contributed by atoms with Crippen molar-refractivity contribution in [2.24, 2.45) is 23.2 Å². The highest BCUT2D eigenvalue weighted by Gasteiger charge is 2.85. The molecule has 0 aliphatic heterocycles. The van der Waals surface area contributed by atoms with Crippen LogP contribution >= 0.6 is 21.6 Å². The lowest BCUT2D eigenvalue weighted by Crippen LogP contribution is -2.67. The Hall–Kier alpha value is -3.89. The van der Waals surface area contributed by atoms with Crippen LogP contribution in [0.15, 0.2) is 97.1 Å². The number of unbranched alkanes of at least 4 members (excludes halogenated alkanes) is 1. The van der Waals surface area contributed by atoms with E-state index in [0.29, 0.717) is 69.7 Å². The Morgan fingerprint density at radius 3 is 1.81 bits per heavy atom. The number of ether oxygens (including phenoxy) is 8. The summed E-state index contributed by atoms with van der Waals surface area (Å²) in [7, 11) is 9.08. The number of hydrogen-bond acceptors (Lipinski definition) is 11. The fourth-order valence-electron chi connectivity index (χ4n) is 12.6. The number of benzene rings is 4. The molecule has 462 valence electrons. The third kappa shape index (κ3) is 16.6. The van der Waals surface area contributed by atoms with Gasteiger partial charge in [0.2, 0.25) is 0 Å². The third-order valence-corrected chi connectivity index (χ3v) is 19.3. The van der Waals surface area contributed by atoms with Gasteiger partial charge in [0.1, 0.15) is 22.8 Å². The van der Waals surface area contributed by atoms with Crippen LogP contribution < -0.4 is 14.2 Å². The van der Waals surface area contributed by atoms with Crippen LogP contribution in [-0.2, 0) is 35.7 Å². The van der Waals surface area contributed by atoms with Gasteiger partial charge in [0.15, 0.2) is 0 Å². The fraction of sp³-hybridized carbons (Fsp3) is 0.619. The molecule has 0 heterocycles. The highest BCUT2D eigenvalue weighted by atomic mass is 33.1. The molecule has 3 aliphatic carbocycles. The molecule has 0 bridgehead atoms. The Bertz CT molecular complexity index is 2460. The molecular weight excluding hydrogens is 1130 g/mol. The van der Waals surface area contributed by atoms with Crippen LogP contribution in [-0.4, -0.2) is 134 Å². The Labute approximate surface area is 492 Å². The summed E-state index contributed by atoms with van der Waals surface area (Å²) in [4.78, 5) is 2.34. The van der Waals surface area contributed by atoms with E-state index in [1.165, 1.54) is 11.1 Å². The van der Waals surface area contributed by atoms with Crippen molar-refractivity contribution in [2.75, 3.05) is 98.7 Å². The van der Waals surface area contributed by atoms with Crippen molar-refractivity contribution >= 4 is 21.6 Å². The van der Waals surface area contributed by atoms with Crippen molar-refractivity contribution in [3.8, 4) is 17.2 Å². The van der Waals surface area contributed by atoms with E-state index in [4.69, 9.17) is 33.2 Å². The average molecular weight is 1220 g/mol. The largest absolute Gasteiger partial charge is 0.497 e. The molecule has 6 atom stereocenters. The molecule has 0 spiro atoms. The van der Waals surface area contributed by atoms with Gasteiger partial charge in [-0.3, -0.25) is 0 Å². The minimum absolute atomic E-state index is 0.273. The molecule has 0 aromatic heterocycles. The molecule has 83 heavy (non-hydrogen) atoms. The molecule has 4 aromatic carbocycles. The molecular formula is C63H82F9NO8S2. The van der Waals surface area contributed by atoms with E-state index in [1.807, 2.05) is 36.4 Å². The van der Waals surface area contributed by atoms with E-state index in [9.17, 15) is 39.5 Å². The van der Waals surface area contributed by atoms with Crippen LogP contribution in [0.25, 0.3) is 0 Å². The number of halogens is 9. The first-order valence-corrected chi connectivity index (χ1v) is 31.5. The Morgan fingerprint density at radius 2 is 1.19 bits per heavy atom. The van der Waals surface area contributed by atoms with Crippen molar-refractivity contribution in [2.45, 2.75) is 126 Å². The smallest absolute Gasteiger partial charge is 0.435 e. The molecule has 20 heteroatoms. The first-order chi connectivity index (χ1) is 39.7. The van der Waals surface area contributed by atoms with E-state index < -0.39 is 42.8 Å². The molecule has 0 N–H and O–H groups in total. The van der Waals surface area contributed by atoms with Crippen molar-refractivity contribution in [3.63, 3.8) is 0 Å². The molecule has 7 rings (SSSR count). The molecule has 2 saturated carbocycles. The van der Waals surface area contributed by atoms with Crippen molar-refractivity contribution in [1.82, 2.24) is 4.90 Å². The van der Waals surface area contributed by atoms with Gasteiger partial charge in [-0.15, -0.1) is 0 Å². The van der Waals surface area contributed by atoms with Crippen LogP contribution in [0.3, 0.4) is 0 Å². The second-order valence-electron chi connectivity index (χ2n) is 22.4. The molecule has 4 unspecified atom stereocenters. The summed E-state index contributed by atoms with van der Waals surface area (Å²) in [6.45, 7) is 8.30. The molecule has 0 radical (unpaired) electrons. The summed E-state index contributed by atoms with van der Waals surface area (Å²) in [5.74, 6) is 5.54. The highest BCUT2D eigenvalue weighted by molar-refractivity contribution is 8.76.